The Hall–Kier alpha value is -1.25. The maximum atomic E-state index is 11.9. The van der Waals surface area contributed by atoms with Gasteiger partial charge < -0.3 is 14.6 Å². The van der Waals surface area contributed by atoms with Gasteiger partial charge in [0.2, 0.25) is 10.0 Å². The van der Waals surface area contributed by atoms with Crippen molar-refractivity contribution in [3.63, 3.8) is 0 Å². The lowest BCUT2D eigenvalue weighted by Crippen LogP contribution is -2.58. The quantitative estimate of drug-likeness (QED) is 0.725. The molecule has 0 aliphatic carbocycles. The number of halogens is 3. The Kier molecular flexibility index (Phi) is 8.04. The highest BCUT2D eigenvalue weighted by atomic mass is 32.2. The zero-order chi connectivity index (χ0) is 21.7. The fraction of sp³-hybridized carbons (Fsp3) is 0.688. The number of alkyl halides is 3. The van der Waals surface area contributed by atoms with Crippen LogP contribution in [-0.4, -0.2) is 92.7 Å². The lowest BCUT2D eigenvalue weighted by Gasteiger charge is -2.43. The van der Waals surface area contributed by atoms with Gasteiger partial charge in [-0.2, -0.15) is 28.8 Å². The van der Waals surface area contributed by atoms with Crippen molar-refractivity contribution in [1.29, 1.82) is 0 Å². The summed E-state index contributed by atoms with van der Waals surface area (Å²) in [5.41, 5.74) is 0.727. The molecule has 0 aromatic carbocycles. The second kappa shape index (κ2) is 9.71. The molecule has 1 spiro atoms. The summed E-state index contributed by atoms with van der Waals surface area (Å²) in [4.78, 5) is 11.2. The van der Waals surface area contributed by atoms with Crippen LogP contribution in [0.5, 0.6) is 0 Å². The molecule has 1 unspecified atom stereocenters. The molecular formula is C16H23F3N2O6S2. The van der Waals surface area contributed by atoms with Crippen molar-refractivity contribution in [2.24, 2.45) is 0 Å². The van der Waals surface area contributed by atoms with Gasteiger partial charge in [-0.05, 0) is 22.4 Å². The zero-order valence-corrected chi connectivity index (χ0v) is 17.4. The first-order chi connectivity index (χ1) is 13.4. The number of hydrogen-bond donors (Lipinski definition) is 1. The molecule has 2 fully saturated rings. The van der Waals surface area contributed by atoms with Crippen LogP contribution in [0.1, 0.15) is 5.56 Å². The van der Waals surface area contributed by atoms with Crippen LogP contribution in [0.15, 0.2) is 16.8 Å². The van der Waals surface area contributed by atoms with E-state index >= 15 is 0 Å². The smallest absolute Gasteiger partial charge is 0.475 e. The van der Waals surface area contributed by atoms with Crippen LogP contribution in [0.2, 0.25) is 0 Å². The first kappa shape index (κ1) is 24.0. The van der Waals surface area contributed by atoms with E-state index in [-0.39, 0.29) is 0 Å². The van der Waals surface area contributed by atoms with E-state index in [4.69, 9.17) is 19.4 Å². The number of thiophene rings is 1. The first-order valence-electron chi connectivity index (χ1n) is 8.62. The van der Waals surface area contributed by atoms with Crippen LogP contribution >= 0.6 is 11.3 Å². The lowest BCUT2D eigenvalue weighted by atomic mass is 10.0. The number of morpholine rings is 1. The Labute approximate surface area is 170 Å². The summed E-state index contributed by atoms with van der Waals surface area (Å²) in [6.07, 6.45) is -3.84. The molecule has 1 aromatic heterocycles. The molecule has 3 rings (SSSR count). The zero-order valence-electron chi connectivity index (χ0n) is 15.7. The number of aliphatic carboxylic acids is 1. The Bertz CT molecular complexity index is 772. The summed E-state index contributed by atoms with van der Waals surface area (Å²) in [6.45, 7) is 4.65. The maximum absolute atomic E-state index is 11.9. The van der Waals surface area contributed by atoms with Gasteiger partial charge >= 0.3 is 12.1 Å². The summed E-state index contributed by atoms with van der Waals surface area (Å²) in [5.74, 6) is -2.76. The summed E-state index contributed by atoms with van der Waals surface area (Å²) in [7, 11) is -3.24. The van der Waals surface area contributed by atoms with Crippen molar-refractivity contribution in [2.75, 3.05) is 52.3 Å². The minimum Gasteiger partial charge on any atom is -0.475 e. The number of ether oxygens (including phenoxy) is 2. The molecule has 2 aliphatic rings. The Morgan fingerprint density at radius 1 is 1.31 bits per heavy atom. The molecule has 2 saturated heterocycles. The highest BCUT2D eigenvalue weighted by molar-refractivity contribution is 7.88. The second-order valence-corrected chi connectivity index (χ2v) is 9.59. The highest BCUT2D eigenvalue weighted by Gasteiger charge is 2.42. The van der Waals surface area contributed by atoms with E-state index in [9.17, 15) is 21.6 Å². The standard InChI is InChI=1S/C14H22N2O4S2.C2HF3O2/c1-22(17,18)16-4-5-19-12-14(11-16)10-15(3-6-20-14)8-13-2-7-21-9-13;3-2(4,5)1(6)7/h2,7,9H,3-6,8,10-12H2,1H3;(H,6,7). The average Bonchev–Trinajstić information content (AvgIpc) is 3.01. The molecule has 2 aliphatic heterocycles. The van der Waals surface area contributed by atoms with E-state index in [0.29, 0.717) is 39.5 Å². The second-order valence-electron chi connectivity index (χ2n) is 6.83. The highest BCUT2D eigenvalue weighted by Crippen LogP contribution is 2.25. The topological polar surface area (TPSA) is 96.4 Å². The van der Waals surface area contributed by atoms with E-state index < -0.39 is 27.8 Å². The lowest BCUT2D eigenvalue weighted by molar-refractivity contribution is -0.192. The van der Waals surface area contributed by atoms with Crippen LogP contribution in [0.25, 0.3) is 0 Å². The third kappa shape index (κ3) is 7.50. The SMILES string of the molecule is CS(=O)(=O)N1CCOCC2(CN(Cc3ccsc3)CCO2)C1.O=C(O)C(F)(F)F. The van der Waals surface area contributed by atoms with Gasteiger partial charge in [-0.25, -0.2) is 13.2 Å². The minimum absolute atomic E-state index is 0.367. The molecule has 3 heterocycles. The van der Waals surface area contributed by atoms with Gasteiger partial charge in [-0.3, -0.25) is 4.90 Å². The van der Waals surface area contributed by atoms with Crippen molar-refractivity contribution < 1.29 is 41.0 Å². The van der Waals surface area contributed by atoms with Crippen molar-refractivity contribution >= 4 is 27.3 Å². The fourth-order valence-corrected chi connectivity index (χ4v) is 4.57. The third-order valence-electron chi connectivity index (χ3n) is 4.34. The van der Waals surface area contributed by atoms with Crippen LogP contribution in [0.4, 0.5) is 13.2 Å². The molecule has 1 atom stereocenters. The summed E-state index contributed by atoms with van der Waals surface area (Å²) < 4.78 is 68.7. The Balaban J connectivity index is 0.000000370. The van der Waals surface area contributed by atoms with Gasteiger partial charge in [-0.15, -0.1) is 0 Å². The van der Waals surface area contributed by atoms with Gasteiger partial charge in [-0.1, -0.05) is 0 Å². The van der Waals surface area contributed by atoms with E-state index in [1.807, 2.05) is 0 Å². The molecule has 1 aromatic rings. The number of nitrogens with zero attached hydrogens (tertiary/aromatic N) is 2. The number of sulfonamides is 1. The molecule has 0 bridgehead atoms. The molecule has 1 N–H and O–H groups in total. The van der Waals surface area contributed by atoms with E-state index in [1.165, 1.54) is 16.1 Å². The van der Waals surface area contributed by atoms with Crippen LogP contribution < -0.4 is 0 Å². The molecule has 8 nitrogen and oxygen atoms in total. The van der Waals surface area contributed by atoms with E-state index in [1.54, 1.807) is 11.3 Å². The predicted molar refractivity (Wildman–Crippen MR) is 99.2 cm³/mol. The van der Waals surface area contributed by atoms with Crippen LogP contribution in [0, 0.1) is 0 Å². The van der Waals surface area contributed by atoms with Gasteiger partial charge in [0, 0.05) is 32.7 Å². The molecule has 0 saturated carbocycles. The predicted octanol–water partition coefficient (Wildman–Crippen LogP) is 1.24. The van der Waals surface area contributed by atoms with Gasteiger partial charge in [0.05, 0.1) is 26.1 Å². The third-order valence-corrected chi connectivity index (χ3v) is 6.32. The van der Waals surface area contributed by atoms with Gasteiger partial charge in [0.15, 0.2) is 0 Å². The molecular weight excluding hydrogens is 437 g/mol. The van der Waals surface area contributed by atoms with Crippen molar-refractivity contribution in [2.45, 2.75) is 18.3 Å². The number of carboxylic acid groups (broad SMARTS) is 1. The largest absolute Gasteiger partial charge is 0.490 e. The summed E-state index contributed by atoms with van der Waals surface area (Å²) in [5, 5.41) is 11.3. The van der Waals surface area contributed by atoms with Crippen molar-refractivity contribution in [3.8, 4) is 0 Å². The molecule has 13 heteroatoms. The average molecular weight is 460 g/mol. The summed E-state index contributed by atoms with van der Waals surface area (Å²) >= 11 is 1.69. The number of carbonyl (C=O) groups is 1. The maximum Gasteiger partial charge on any atom is 0.490 e. The molecule has 0 amide bonds. The monoisotopic (exact) mass is 460 g/mol. The number of hydrogen-bond acceptors (Lipinski definition) is 7. The van der Waals surface area contributed by atoms with Crippen LogP contribution in [-0.2, 0) is 30.8 Å². The fourth-order valence-electron chi connectivity index (χ4n) is 3.04. The van der Waals surface area contributed by atoms with Crippen molar-refractivity contribution in [1.82, 2.24) is 9.21 Å². The molecule has 29 heavy (non-hydrogen) atoms. The Morgan fingerprint density at radius 3 is 2.55 bits per heavy atom. The van der Waals surface area contributed by atoms with Gasteiger partial charge in [0.25, 0.3) is 0 Å². The normalized spacial score (nSPS) is 24.6. The number of rotatable bonds is 3. The minimum atomic E-state index is -5.08. The first-order valence-corrected chi connectivity index (χ1v) is 11.4. The van der Waals surface area contributed by atoms with E-state index in [0.717, 1.165) is 13.1 Å². The molecule has 0 radical (unpaired) electrons. The molecule has 166 valence electrons. The van der Waals surface area contributed by atoms with Gasteiger partial charge in [0.1, 0.15) is 5.60 Å². The van der Waals surface area contributed by atoms with E-state index in [2.05, 4.69) is 21.7 Å². The summed E-state index contributed by atoms with van der Waals surface area (Å²) in [6, 6.07) is 2.12. The number of carboxylic acids is 1. The van der Waals surface area contributed by atoms with Crippen LogP contribution in [0.3, 0.4) is 0 Å². The Morgan fingerprint density at radius 2 is 2.00 bits per heavy atom. The van der Waals surface area contributed by atoms with Crippen molar-refractivity contribution in [3.05, 3.63) is 22.4 Å².